The summed E-state index contributed by atoms with van der Waals surface area (Å²) in [7, 11) is 1.75. The molecule has 52 heavy (non-hydrogen) atoms. The topological polar surface area (TPSA) is 114 Å². The number of rotatable bonds is 13. The third kappa shape index (κ3) is 9.23. The number of esters is 1. The lowest BCUT2D eigenvalue weighted by atomic mass is 9.81. The van der Waals surface area contributed by atoms with Crippen molar-refractivity contribution < 1.29 is 53.5 Å². The van der Waals surface area contributed by atoms with Crippen LogP contribution in [0.3, 0.4) is 0 Å². The predicted molar refractivity (Wildman–Crippen MR) is 183 cm³/mol. The van der Waals surface area contributed by atoms with Crippen molar-refractivity contribution in [2.75, 3.05) is 28.3 Å². The smallest absolute Gasteiger partial charge is 0.491 e. The number of imidazole rings is 1. The van der Waals surface area contributed by atoms with Gasteiger partial charge in [0.05, 0.1) is 50.9 Å². The van der Waals surface area contributed by atoms with Crippen LogP contribution in [0.25, 0.3) is 5.69 Å². The number of thioether (sulfide) groups is 1. The number of methoxy groups -OCH3 is 1. The molecule has 4 rings (SSSR count). The highest BCUT2D eigenvalue weighted by Crippen LogP contribution is 2.39. The molecule has 3 aromatic carbocycles. The lowest BCUT2D eigenvalue weighted by molar-refractivity contribution is -0.917. The largest absolute Gasteiger partial charge is 0.494 e. The third-order valence-electron chi connectivity index (χ3n) is 8.29. The number of nitrogens with two attached hydrogens (primary N) is 1. The lowest BCUT2D eigenvalue weighted by Crippen LogP contribution is -2.49. The number of carbonyl (C=O) groups excluding carboxylic acids is 1. The minimum absolute atomic E-state index is 0.0835. The molecule has 1 unspecified atom stereocenters. The number of hydrogen-bond acceptors (Lipinski definition) is 7. The highest BCUT2D eigenvalue weighted by atomic mass is 35.5. The van der Waals surface area contributed by atoms with Crippen molar-refractivity contribution >= 4 is 39.4 Å². The fourth-order valence-corrected chi connectivity index (χ4v) is 7.44. The molecule has 9 nitrogen and oxygen atoms in total. The molecular formula is C34H36ClF6N4O5S2+. The normalized spacial score (nSPS) is 13.3. The Hall–Kier alpha value is -3.77. The number of carbonyl (C=O) groups is 1. The SMILES string of the molecule is COc1cc(-n2c(C(C)(C)c3ccc(S(N)(=O)=O)c(Cl)c3)cnc2SCc2c(F)cc(CCC(OC(=O)C(F)(F)F)[N+](C)(C)C)cc2F)ccc1F. The standard InChI is InChI=1S/C34H36ClF6N4O5S2/c1-33(2,20-8-11-28(23(35)15-20)52(42,47)48)29-17-43-32(44(29)21-9-10-24(36)27(16-21)49-6)51-18-22-25(37)13-19(14-26(22)38)7-12-30(45(3,4)5)50-31(46)34(39,40)41/h8-11,13-17,30H,7,12,18H2,1-6H3,(H2,42,47,48)/q+1. The molecule has 0 fully saturated rings. The summed E-state index contributed by atoms with van der Waals surface area (Å²) in [5, 5.41) is 5.42. The van der Waals surface area contributed by atoms with Crippen molar-refractivity contribution in [2.24, 2.45) is 5.14 Å². The van der Waals surface area contributed by atoms with Gasteiger partial charge in [-0.15, -0.1) is 0 Å². The number of nitrogens with zero attached hydrogens (tertiary/aromatic N) is 3. The van der Waals surface area contributed by atoms with Crippen LogP contribution in [0.1, 0.15) is 42.7 Å². The summed E-state index contributed by atoms with van der Waals surface area (Å²) in [6.07, 6.45) is -5.17. The van der Waals surface area contributed by atoms with E-state index in [4.69, 9.17) is 21.5 Å². The maximum absolute atomic E-state index is 15.4. The molecule has 4 aromatic rings. The van der Waals surface area contributed by atoms with Crippen molar-refractivity contribution in [1.29, 1.82) is 0 Å². The summed E-state index contributed by atoms with van der Waals surface area (Å²) < 4.78 is 119. The molecule has 0 saturated heterocycles. The Morgan fingerprint density at radius 3 is 2.19 bits per heavy atom. The van der Waals surface area contributed by atoms with Gasteiger partial charge in [-0.2, -0.15) is 13.2 Å². The number of quaternary nitrogens is 1. The number of ether oxygens (including phenoxy) is 2. The van der Waals surface area contributed by atoms with Crippen molar-refractivity contribution in [2.45, 2.75) is 60.3 Å². The summed E-state index contributed by atoms with van der Waals surface area (Å²) >= 11 is 7.27. The van der Waals surface area contributed by atoms with E-state index in [-0.39, 0.29) is 55.0 Å². The van der Waals surface area contributed by atoms with E-state index in [1.54, 1.807) is 4.57 Å². The van der Waals surface area contributed by atoms with Gasteiger partial charge in [-0.3, -0.25) is 9.05 Å². The molecule has 0 spiro atoms. The van der Waals surface area contributed by atoms with E-state index in [2.05, 4.69) is 9.72 Å². The van der Waals surface area contributed by atoms with Gasteiger partial charge in [0.1, 0.15) is 16.5 Å². The van der Waals surface area contributed by atoms with Crippen LogP contribution < -0.4 is 9.88 Å². The van der Waals surface area contributed by atoms with Crippen molar-refractivity contribution in [3.63, 3.8) is 0 Å². The molecule has 0 saturated carbocycles. The number of hydrogen-bond donors (Lipinski definition) is 1. The molecule has 0 amide bonds. The van der Waals surface area contributed by atoms with E-state index in [9.17, 15) is 30.8 Å². The molecule has 2 N–H and O–H groups in total. The number of benzene rings is 3. The number of sulfonamides is 1. The number of aromatic nitrogens is 2. The number of aryl methyl sites for hydroxylation is 1. The zero-order valence-corrected chi connectivity index (χ0v) is 31.2. The van der Waals surface area contributed by atoms with Crippen LogP contribution in [0.2, 0.25) is 5.02 Å². The van der Waals surface area contributed by atoms with Gasteiger partial charge >= 0.3 is 12.1 Å². The first-order valence-electron chi connectivity index (χ1n) is 15.4. The van der Waals surface area contributed by atoms with Gasteiger partial charge < -0.3 is 9.47 Å². The average Bonchev–Trinajstić information content (AvgIpc) is 3.46. The van der Waals surface area contributed by atoms with Crippen LogP contribution in [0, 0.1) is 17.5 Å². The summed E-state index contributed by atoms with van der Waals surface area (Å²) in [6, 6.07) is 10.5. The summed E-state index contributed by atoms with van der Waals surface area (Å²) in [4.78, 5) is 15.7. The van der Waals surface area contributed by atoms with Gasteiger partial charge in [-0.25, -0.2) is 36.5 Å². The Balaban J connectivity index is 1.67. The quantitative estimate of drug-likeness (QED) is 0.0498. The summed E-state index contributed by atoms with van der Waals surface area (Å²) in [5.74, 6) is -5.16. The van der Waals surface area contributed by atoms with Crippen molar-refractivity contribution in [3.8, 4) is 11.4 Å². The second-order valence-corrected chi connectivity index (χ2v) is 16.1. The van der Waals surface area contributed by atoms with E-state index in [0.29, 0.717) is 16.9 Å². The number of alkyl halides is 3. The minimum Gasteiger partial charge on any atom is -0.494 e. The lowest BCUT2D eigenvalue weighted by Gasteiger charge is -2.33. The van der Waals surface area contributed by atoms with E-state index >= 15 is 8.78 Å². The molecule has 18 heteroatoms. The van der Waals surface area contributed by atoms with Crippen molar-refractivity contribution in [1.82, 2.24) is 9.55 Å². The van der Waals surface area contributed by atoms with E-state index in [0.717, 1.165) is 23.9 Å². The monoisotopic (exact) mass is 793 g/mol. The first-order valence-corrected chi connectivity index (χ1v) is 18.3. The van der Waals surface area contributed by atoms with Crippen LogP contribution in [-0.4, -0.2) is 69.1 Å². The molecule has 0 aliphatic rings. The fourth-order valence-electron chi connectivity index (χ4n) is 5.34. The van der Waals surface area contributed by atoms with Gasteiger partial charge in [0, 0.05) is 29.2 Å². The fraction of sp³-hybridized carbons (Fsp3) is 0.353. The molecule has 1 aromatic heterocycles. The van der Waals surface area contributed by atoms with Crippen LogP contribution in [0.15, 0.2) is 64.8 Å². The zero-order valence-electron chi connectivity index (χ0n) is 28.8. The Morgan fingerprint density at radius 2 is 1.65 bits per heavy atom. The van der Waals surface area contributed by atoms with Gasteiger partial charge in [0.15, 0.2) is 16.7 Å². The highest BCUT2D eigenvalue weighted by Gasteiger charge is 2.44. The Bertz CT molecular complexity index is 2060. The van der Waals surface area contributed by atoms with Crippen LogP contribution in [0.5, 0.6) is 5.75 Å². The van der Waals surface area contributed by atoms with E-state index in [1.165, 1.54) is 70.8 Å². The van der Waals surface area contributed by atoms with Gasteiger partial charge in [-0.05, 0) is 53.9 Å². The first kappa shape index (κ1) is 41.0. The molecule has 1 heterocycles. The minimum atomic E-state index is -5.20. The second kappa shape index (κ2) is 15.3. The van der Waals surface area contributed by atoms with Crippen LogP contribution >= 0.6 is 23.4 Å². The highest BCUT2D eigenvalue weighted by molar-refractivity contribution is 7.98. The molecule has 0 aliphatic carbocycles. The maximum atomic E-state index is 15.4. The van der Waals surface area contributed by atoms with E-state index < -0.39 is 51.3 Å². The van der Waals surface area contributed by atoms with Crippen LogP contribution in [-0.2, 0) is 37.1 Å². The second-order valence-electron chi connectivity index (χ2n) is 13.2. The maximum Gasteiger partial charge on any atom is 0.491 e. The predicted octanol–water partition coefficient (Wildman–Crippen LogP) is 7.29. The molecule has 0 bridgehead atoms. The average molecular weight is 794 g/mol. The zero-order chi connectivity index (χ0) is 39.0. The molecule has 282 valence electrons. The van der Waals surface area contributed by atoms with Crippen LogP contribution in [0.4, 0.5) is 26.3 Å². The summed E-state index contributed by atoms with van der Waals surface area (Å²) in [5.41, 5.74) is 0.355. The molecular weight excluding hydrogens is 758 g/mol. The molecule has 0 aliphatic heterocycles. The molecule has 0 radical (unpaired) electrons. The Labute approximate surface area is 306 Å². The summed E-state index contributed by atoms with van der Waals surface area (Å²) in [6.45, 7) is 3.62. The number of primary sulfonamides is 1. The Morgan fingerprint density at radius 1 is 1.02 bits per heavy atom. The third-order valence-corrected chi connectivity index (χ3v) is 10.7. The van der Waals surface area contributed by atoms with Gasteiger partial charge in [0.2, 0.25) is 16.3 Å². The first-order chi connectivity index (χ1) is 23.9. The van der Waals surface area contributed by atoms with Crippen molar-refractivity contribution in [3.05, 3.63) is 99.6 Å². The molecule has 1 atom stereocenters. The van der Waals surface area contributed by atoms with Gasteiger partial charge in [-0.1, -0.05) is 43.3 Å². The Kier molecular flexibility index (Phi) is 12.1. The van der Waals surface area contributed by atoms with Gasteiger partial charge in [0.25, 0.3) is 0 Å². The number of halogens is 7. The van der Waals surface area contributed by atoms with E-state index in [1.807, 2.05) is 13.8 Å².